The van der Waals surface area contributed by atoms with Crippen molar-refractivity contribution >= 4 is 11.8 Å². The highest BCUT2D eigenvalue weighted by Gasteiger charge is 1.98. The number of nitrogens with one attached hydrogen (secondary N) is 1. The number of aromatic nitrogens is 2. The quantitative estimate of drug-likeness (QED) is 0.733. The Bertz CT molecular complexity index is 355. The minimum atomic E-state index is -0.320. The standard InChI is InChI=1S/C9H14N2O2S/c1-2-14-7-3-6-11-8(12)4-5-10-9(11)13/h4-5H,2-3,6-7H2,1H3,(H,10,13). The molecule has 1 aromatic rings. The van der Waals surface area contributed by atoms with Gasteiger partial charge in [-0.3, -0.25) is 9.36 Å². The predicted molar refractivity (Wildman–Crippen MR) is 58.9 cm³/mol. The second kappa shape index (κ2) is 5.70. The molecule has 0 atom stereocenters. The first-order valence-corrected chi connectivity index (χ1v) is 5.77. The van der Waals surface area contributed by atoms with Crippen molar-refractivity contribution in [3.05, 3.63) is 33.1 Å². The van der Waals surface area contributed by atoms with Gasteiger partial charge in [0.05, 0.1) is 0 Å². The normalized spacial score (nSPS) is 10.4. The van der Waals surface area contributed by atoms with Gasteiger partial charge in [0, 0.05) is 18.8 Å². The molecule has 0 amide bonds. The van der Waals surface area contributed by atoms with Gasteiger partial charge in [-0.2, -0.15) is 11.8 Å². The zero-order valence-corrected chi connectivity index (χ0v) is 8.97. The molecule has 0 aromatic carbocycles. The van der Waals surface area contributed by atoms with Gasteiger partial charge in [0.2, 0.25) is 0 Å². The number of hydrogen-bond acceptors (Lipinski definition) is 3. The van der Waals surface area contributed by atoms with Gasteiger partial charge in [-0.25, -0.2) is 4.79 Å². The monoisotopic (exact) mass is 214 g/mol. The Labute approximate surface area is 86.4 Å². The molecule has 0 spiro atoms. The molecule has 1 aromatic heterocycles. The summed E-state index contributed by atoms with van der Waals surface area (Å²) in [4.78, 5) is 24.9. The summed E-state index contributed by atoms with van der Waals surface area (Å²) in [6.07, 6.45) is 2.23. The van der Waals surface area contributed by atoms with Gasteiger partial charge in [-0.15, -0.1) is 0 Å². The van der Waals surface area contributed by atoms with Gasteiger partial charge < -0.3 is 4.98 Å². The molecule has 1 N–H and O–H groups in total. The van der Waals surface area contributed by atoms with E-state index >= 15 is 0 Å². The maximum atomic E-state index is 11.2. The average Bonchev–Trinajstić information content (AvgIpc) is 2.16. The van der Waals surface area contributed by atoms with Crippen LogP contribution in [0.25, 0.3) is 0 Å². The van der Waals surface area contributed by atoms with Crippen LogP contribution in [0.15, 0.2) is 21.9 Å². The molecule has 14 heavy (non-hydrogen) atoms. The predicted octanol–water partition coefficient (Wildman–Crippen LogP) is 0.680. The molecule has 0 bridgehead atoms. The van der Waals surface area contributed by atoms with Gasteiger partial charge >= 0.3 is 5.69 Å². The molecule has 0 aliphatic carbocycles. The molecule has 0 aliphatic heterocycles. The van der Waals surface area contributed by atoms with E-state index in [-0.39, 0.29) is 11.2 Å². The summed E-state index contributed by atoms with van der Waals surface area (Å²) in [7, 11) is 0. The number of H-pyrrole nitrogens is 1. The fourth-order valence-corrected chi connectivity index (χ4v) is 1.75. The summed E-state index contributed by atoms with van der Waals surface area (Å²) in [5, 5.41) is 0. The zero-order chi connectivity index (χ0) is 10.4. The number of aromatic amines is 1. The van der Waals surface area contributed by atoms with Crippen molar-refractivity contribution in [2.75, 3.05) is 11.5 Å². The topological polar surface area (TPSA) is 54.9 Å². The van der Waals surface area contributed by atoms with Crippen molar-refractivity contribution < 1.29 is 0 Å². The third-order valence-electron chi connectivity index (χ3n) is 1.82. The first-order chi connectivity index (χ1) is 6.75. The lowest BCUT2D eigenvalue weighted by Crippen LogP contribution is -2.34. The Kier molecular flexibility index (Phi) is 4.52. The summed E-state index contributed by atoms with van der Waals surface area (Å²) < 4.78 is 1.23. The maximum absolute atomic E-state index is 11.2. The number of thioether (sulfide) groups is 1. The van der Waals surface area contributed by atoms with Gasteiger partial charge in [0.1, 0.15) is 0 Å². The van der Waals surface area contributed by atoms with E-state index < -0.39 is 0 Å². The van der Waals surface area contributed by atoms with Crippen molar-refractivity contribution in [1.82, 2.24) is 9.55 Å². The second-order valence-electron chi connectivity index (χ2n) is 2.82. The zero-order valence-electron chi connectivity index (χ0n) is 8.16. The lowest BCUT2D eigenvalue weighted by molar-refractivity contribution is 0.619. The van der Waals surface area contributed by atoms with Gasteiger partial charge in [0.15, 0.2) is 0 Å². The molecule has 5 heteroatoms. The minimum absolute atomic E-state index is 0.227. The SMILES string of the molecule is CCSCCCn1c(=O)cc[nH]c1=O. The first kappa shape index (κ1) is 11.1. The minimum Gasteiger partial charge on any atom is -0.314 e. The van der Waals surface area contributed by atoms with Crippen LogP contribution in [0.5, 0.6) is 0 Å². The van der Waals surface area contributed by atoms with Crippen LogP contribution < -0.4 is 11.2 Å². The van der Waals surface area contributed by atoms with Crippen molar-refractivity contribution in [2.24, 2.45) is 0 Å². The average molecular weight is 214 g/mol. The molecule has 0 aliphatic rings. The number of rotatable bonds is 5. The first-order valence-electron chi connectivity index (χ1n) is 4.62. The van der Waals surface area contributed by atoms with Crippen LogP contribution in [0.2, 0.25) is 0 Å². The Balaban J connectivity index is 2.59. The summed E-state index contributed by atoms with van der Waals surface area (Å²) in [5.41, 5.74) is -0.547. The van der Waals surface area contributed by atoms with E-state index in [0.29, 0.717) is 6.54 Å². The van der Waals surface area contributed by atoms with Crippen LogP contribution >= 0.6 is 11.8 Å². The highest BCUT2D eigenvalue weighted by Crippen LogP contribution is 2.00. The van der Waals surface area contributed by atoms with E-state index in [1.54, 1.807) is 0 Å². The summed E-state index contributed by atoms with van der Waals surface area (Å²) in [6.45, 7) is 2.59. The van der Waals surface area contributed by atoms with Crippen LogP contribution in [0, 0.1) is 0 Å². The van der Waals surface area contributed by atoms with Gasteiger partial charge in [0.25, 0.3) is 5.56 Å². The summed E-state index contributed by atoms with van der Waals surface area (Å²) >= 11 is 1.81. The number of hydrogen-bond donors (Lipinski definition) is 1. The molecule has 0 radical (unpaired) electrons. The highest BCUT2D eigenvalue weighted by molar-refractivity contribution is 7.99. The molecule has 0 fully saturated rings. The van der Waals surface area contributed by atoms with E-state index in [1.807, 2.05) is 11.8 Å². The Morgan fingerprint density at radius 1 is 1.50 bits per heavy atom. The fraction of sp³-hybridized carbons (Fsp3) is 0.556. The lowest BCUT2D eigenvalue weighted by Gasteiger charge is -2.02. The van der Waals surface area contributed by atoms with E-state index in [2.05, 4.69) is 11.9 Å². The molecule has 4 nitrogen and oxygen atoms in total. The fourth-order valence-electron chi connectivity index (χ4n) is 1.13. The molecular formula is C9H14N2O2S. The second-order valence-corrected chi connectivity index (χ2v) is 4.22. The van der Waals surface area contributed by atoms with E-state index in [0.717, 1.165) is 17.9 Å². The van der Waals surface area contributed by atoms with E-state index in [1.165, 1.54) is 16.8 Å². The number of nitrogens with zero attached hydrogens (tertiary/aromatic N) is 1. The van der Waals surface area contributed by atoms with Crippen LogP contribution in [-0.4, -0.2) is 21.1 Å². The smallest absolute Gasteiger partial charge is 0.314 e. The van der Waals surface area contributed by atoms with E-state index in [4.69, 9.17) is 0 Å². The Morgan fingerprint density at radius 3 is 2.93 bits per heavy atom. The van der Waals surface area contributed by atoms with Crippen LogP contribution in [-0.2, 0) is 6.54 Å². The van der Waals surface area contributed by atoms with Crippen LogP contribution in [0.3, 0.4) is 0 Å². The Morgan fingerprint density at radius 2 is 2.29 bits per heavy atom. The van der Waals surface area contributed by atoms with Crippen LogP contribution in [0.4, 0.5) is 0 Å². The molecule has 0 unspecified atom stereocenters. The maximum Gasteiger partial charge on any atom is 0.328 e. The molecule has 0 saturated carbocycles. The van der Waals surface area contributed by atoms with Crippen molar-refractivity contribution in [3.63, 3.8) is 0 Å². The molecule has 1 rings (SSSR count). The van der Waals surface area contributed by atoms with Crippen molar-refractivity contribution in [2.45, 2.75) is 19.9 Å². The molecular weight excluding hydrogens is 200 g/mol. The molecule has 0 saturated heterocycles. The van der Waals surface area contributed by atoms with Gasteiger partial charge in [-0.1, -0.05) is 6.92 Å². The molecule has 78 valence electrons. The van der Waals surface area contributed by atoms with Crippen molar-refractivity contribution in [1.29, 1.82) is 0 Å². The van der Waals surface area contributed by atoms with Gasteiger partial charge in [-0.05, 0) is 17.9 Å². The summed E-state index contributed by atoms with van der Waals surface area (Å²) in [6, 6.07) is 1.37. The van der Waals surface area contributed by atoms with Crippen LogP contribution in [0.1, 0.15) is 13.3 Å². The third kappa shape index (κ3) is 3.06. The highest BCUT2D eigenvalue weighted by atomic mass is 32.2. The van der Waals surface area contributed by atoms with E-state index in [9.17, 15) is 9.59 Å². The Hall–Kier alpha value is -0.970. The summed E-state index contributed by atoms with van der Waals surface area (Å²) in [5.74, 6) is 2.05. The largest absolute Gasteiger partial charge is 0.328 e. The lowest BCUT2D eigenvalue weighted by atomic mass is 10.4. The van der Waals surface area contributed by atoms with Crippen molar-refractivity contribution in [3.8, 4) is 0 Å². The molecule has 1 heterocycles. The third-order valence-corrected chi connectivity index (χ3v) is 2.80.